The summed E-state index contributed by atoms with van der Waals surface area (Å²) in [5, 5.41) is 3.10. The van der Waals surface area contributed by atoms with Crippen LogP contribution in [0.25, 0.3) is 66.7 Å². The van der Waals surface area contributed by atoms with Crippen LogP contribution in [-0.2, 0) is 20.1 Å². The molecule has 0 amide bonds. The number of aromatic nitrogens is 2. The number of furan rings is 2. The van der Waals surface area contributed by atoms with E-state index in [0.29, 0.717) is 5.92 Å². The van der Waals surface area contributed by atoms with Crippen molar-refractivity contribution in [2.75, 3.05) is 0 Å². The average Bonchev–Trinajstić information content (AvgIpc) is 3.71. The minimum Gasteiger partial charge on any atom is -0.500 e. The SMILES string of the molecule is CC(C)c1ccnc(-c2[c-]ccc3c2oc2c4cc(-c5ccccc5)oc4ccc32)c1.[2H]C(C)(C)c1ccnc(-c2[c-]cccc2)c1.[Ir]. The third-order valence-corrected chi connectivity index (χ3v) is 8.18. The molecule has 0 saturated carbocycles. The zero-order valence-corrected chi connectivity index (χ0v) is 29.1. The first kappa shape index (κ1) is 30.8. The van der Waals surface area contributed by atoms with Crippen molar-refractivity contribution in [1.29, 1.82) is 0 Å². The first-order valence-electron chi connectivity index (χ1n) is 16.0. The number of hydrogen-bond acceptors (Lipinski definition) is 4. The molecule has 0 saturated heterocycles. The van der Waals surface area contributed by atoms with E-state index in [1.807, 2.05) is 98.9 Å². The molecule has 0 aliphatic rings. The number of nitrogens with zero attached hydrogens (tertiary/aromatic N) is 2. The molecule has 4 aromatic carbocycles. The van der Waals surface area contributed by atoms with Gasteiger partial charge in [-0.2, -0.15) is 0 Å². The van der Waals surface area contributed by atoms with Crippen molar-refractivity contribution >= 4 is 32.9 Å². The van der Waals surface area contributed by atoms with Crippen molar-refractivity contribution < 1.29 is 30.3 Å². The van der Waals surface area contributed by atoms with Gasteiger partial charge in [0.05, 0.1) is 11.0 Å². The zero-order chi connectivity index (χ0) is 32.5. The first-order valence-corrected chi connectivity index (χ1v) is 15.5. The summed E-state index contributed by atoms with van der Waals surface area (Å²) in [6.45, 7) is 8.12. The Bertz CT molecular complexity index is 2320. The predicted molar refractivity (Wildman–Crippen MR) is 188 cm³/mol. The van der Waals surface area contributed by atoms with Crippen LogP contribution < -0.4 is 0 Å². The van der Waals surface area contributed by atoms with Gasteiger partial charge in [-0.25, -0.2) is 0 Å². The van der Waals surface area contributed by atoms with Gasteiger partial charge in [-0.3, -0.25) is 0 Å². The van der Waals surface area contributed by atoms with E-state index in [-0.39, 0.29) is 20.1 Å². The predicted octanol–water partition coefficient (Wildman–Crippen LogP) is 11.7. The van der Waals surface area contributed by atoms with Gasteiger partial charge < -0.3 is 18.8 Å². The van der Waals surface area contributed by atoms with Crippen LogP contribution in [0.1, 0.15) is 52.0 Å². The largest absolute Gasteiger partial charge is 0.500 e. The Balaban J connectivity index is 0.000000201. The third-order valence-electron chi connectivity index (χ3n) is 8.18. The van der Waals surface area contributed by atoms with E-state index in [1.54, 1.807) is 6.20 Å². The zero-order valence-electron chi connectivity index (χ0n) is 27.7. The monoisotopic (exact) mass is 792 g/mol. The molecule has 0 aliphatic heterocycles. The summed E-state index contributed by atoms with van der Waals surface area (Å²) < 4.78 is 20.6. The van der Waals surface area contributed by atoms with E-state index < -0.39 is 5.89 Å². The minimum absolute atomic E-state index is 0. The van der Waals surface area contributed by atoms with Gasteiger partial charge in [0.1, 0.15) is 16.9 Å². The van der Waals surface area contributed by atoms with Gasteiger partial charge in [0.15, 0.2) is 0 Å². The van der Waals surface area contributed by atoms with Crippen molar-refractivity contribution in [2.45, 2.75) is 39.5 Å². The normalized spacial score (nSPS) is 11.7. The summed E-state index contributed by atoms with van der Waals surface area (Å²) in [4.78, 5) is 8.92. The fourth-order valence-electron chi connectivity index (χ4n) is 5.63. The van der Waals surface area contributed by atoms with E-state index in [0.717, 1.165) is 72.3 Å². The molecule has 8 rings (SSSR count). The van der Waals surface area contributed by atoms with E-state index in [9.17, 15) is 0 Å². The summed E-state index contributed by atoms with van der Waals surface area (Å²) in [6, 6.07) is 42.6. The Labute approximate surface area is 290 Å². The second-order valence-electron chi connectivity index (χ2n) is 11.9. The van der Waals surface area contributed by atoms with Crippen molar-refractivity contribution in [2.24, 2.45) is 0 Å². The van der Waals surface area contributed by atoms with E-state index >= 15 is 0 Å². The quantitative estimate of drug-likeness (QED) is 0.163. The molecule has 47 heavy (non-hydrogen) atoms. The number of pyridine rings is 2. The fourth-order valence-corrected chi connectivity index (χ4v) is 5.63. The van der Waals surface area contributed by atoms with Gasteiger partial charge in [0.2, 0.25) is 0 Å². The second kappa shape index (κ2) is 13.9. The molecule has 8 aromatic rings. The Hall–Kier alpha value is -4.83. The molecule has 0 N–H and O–H groups in total. The van der Waals surface area contributed by atoms with Crippen molar-refractivity contribution in [1.82, 2.24) is 9.97 Å². The maximum Gasteiger partial charge on any atom is 0.138 e. The Morgan fingerprint density at radius 3 is 2.11 bits per heavy atom. The molecule has 0 atom stereocenters. The van der Waals surface area contributed by atoms with E-state index in [1.165, 1.54) is 5.56 Å². The molecule has 5 heteroatoms. The van der Waals surface area contributed by atoms with Crippen LogP contribution in [-0.4, -0.2) is 9.97 Å². The van der Waals surface area contributed by atoms with Crippen LogP contribution >= 0.6 is 0 Å². The van der Waals surface area contributed by atoms with Gasteiger partial charge in [-0.05, 0) is 53.5 Å². The molecular weight excluding hydrogens is 757 g/mol. The molecule has 235 valence electrons. The van der Waals surface area contributed by atoms with Crippen LogP contribution in [0.5, 0.6) is 0 Å². The molecule has 0 spiro atoms. The van der Waals surface area contributed by atoms with Crippen LogP contribution in [0.3, 0.4) is 0 Å². The number of benzene rings is 4. The van der Waals surface area contributed by atoms with Crippen LogP contribution in [0.2, 0.25) is 0 Å². The molecule has 4 heterocycles. The standard InChI is InChI=1S/C28H20NO2.C14H14N.Ir/c1-17(2)19-13-14-29-24(15-19)22-10-6-9-20-21-11-12-25-23(28(21)31-27(20)22)16-26(30-25)18-7-4-3-5-8-18;1-11(2)13-8-9-15-14(10-13)12-6-4-3-5-7-12;/h3-9,11-17H,1-2H3;3-6,8-11H,1-2H3;/q2*-1;/i;11D;. The van der Waals surface area contributed by atoms with Gasteiger partial charge in [0, 0.05) is 44.8 Å². The minimum atomic E-state index is -0.591. The second-order valence-corrected chi connectivity index (χ2v) is 11.9. The summed E-state index contributed by atoms with van der Waals surface area (Å²) >= 11 is 0. The summed E-state index contributed by atoms with van der Waals surface area (Å²) in [6.07, 6.45) is 3.61. The molecule has 4 aromatic heterocycles. The summed E-state index contributed by atoms with van der Waals surface area (Å²) in [7, 11) is 0. The maximum absolute atomic E-state index is 7.99. The molecule has 0 fully saturated rings. The van der Waals surface area contributed by atoms with Crippen molar-refractivity contribution in [3.8, 4) is 33.8 Å². The van der Waals surface area contributed by atoms with Crippen LogP contribution in [0.15, 0.2) is 130 Å². The van der Waals surface area contributed by atoms with Gasteiger partial charge in [-0.15, -0.1) is 54.1 Å². The smallest absolute Gasteiger partial charge is 0.138 e. The van der Waals surface area contributed by atoms with Gasteiger partial charge >= 0.3 is 0 Å². The summed E-state index contributed by atoms with van der Waals surface area (Å²) in [5.74, 6) is 0.673. The first-order chi connectivity index (χ1) is 22.8. The third kappa shape index (κ3) is 6.55. The fraction of sp³-hybridized carbons (Fsp3) is 0.143. The Morgan fingerprint density at radius 1 is 0.638 bits per heavy atom. The Morgan fingerprint density at radius 2 is 1.36 bits per heavy atom. The van der Waals surface area contributed by atoms with Gasteiger partial charge in [0.25, 0.3) is 0 Å². The van der Waals surface area contributed by atoms with Crippen molar-refractivity contribution in [3.05, 3.63) is 145 Å². The molecular formula is C42H34IrN2O2-2. The average molecular weight is 792 g/mol. The molecule has 1 radical (unpaired) electrons. The molecule has 4 nitrogen and oxygen atoms in total. The van der Waals surface area contributed by atoms with Crippen LogP contribution in [0.4, 0.5) is 0 Å². The number of fused-ring (bicyclic) bond motifs is 5. The molecule has 0 aliphatic carbocycles. The maximum atomic E-state index is 7.99. The molecule has 0 bridgehead atoms. The number of hydrogen-bond donors (Lipinski definition) is 0. The number of rotatable bonds is 5. The topological polar surface area (TPSA) is 52.1 Å². The summed E-state index contributed by atoms with van der Waals surface area (Å²) in [5.41, 5.74) is 9.32. The van der Waals surface area contributed by atoms with Crippen LogP contribution in [0, 0.1) is 12.1 Å². The Kier molecular flexibility index (Phi) is 9.10. The van der Waals surface area contributed by atoms with Crippen molar-refractivity contribution in [3.63, 3.8) is 0 Å². The van der Waals surface area contributed by atoms with E-state index in [2.05, 4.69) is 66.3 Å². The van der Waals surface area contributed by atoms with E-state index in [4.69, 9.17) is 10.2 Å². The van der Waals surface area contributed by atoms with Gasteiger partial charge in [-0.1, -0.05) is 92.2 Å². The molecule has 0 unspecified atom stereocenters.